The van der Waals surface area contributed by atoms with Gasteiger partial charge in [-0.15, -0.1) is 0 Å². The van der Waals surface area contributed by atoms with Crippen LogP contribution in [0.5, 0.6) is 0 Å². The van der Waals surface area contributed by atoms with Crippen LogP contribution in [0, 0.1) is 0 Å². The minimum absolute atomic E-state index is 0.172. The second-order valence-corrected chi connectivity index (χ2v) is 7.82. The van der Waals surface area contributed by atoms with Gasteiger partial charge in [0.15, 0.2) is 0 Å². The molecular formula is C24H28N2O5. The van der Waals surface area contributed by atoms with Gasteiger partial charge in [-0.05, 0) is 36.1 Å². The van der Waals surface area contributed by atoms with Crippen molar-refractivity contribution in [1.29, 1.82) is 0 Å². The van der Waals surface area contributed by atoms with E-state index in [-0.39, 0.29) is 5.91 Å². The summed E-state index contributed by atoms with van der Waals surface area (Å²) in [4.78, 5) is 35.6. The zero-order chi connectivity index (χ0) is 22.2. The Hall–Kier alpha value is -3.19. The van der Waals surface area contributed by atoms with Crippen molar-refractivity contribution in [3.63, 3.8) is 0 Å². The van der Waals surface area contributed by atoms with Crippen LogP contribution in [-0.4, -0.2) is 70.1 Å². The summed E-state index contributed by atoms with van der Waals surface area (Å²) in [6.45, 7) is 3.77. The molecule has 2 aliphatic rings. The minimum atomic E-state index is -1.82. The van der Waals surface area contributed by atoms with Crippen molar-refractivity contribution in [2.45, 2.75) is 31.7 Å². The molecule has 31 heavy (non-hydrogen) atoms. The molecule has 2 aromatic rings. The summed E-state index contributed by atoms with van der Waals surface area (Å²) in [5.41, 5.74) is 3.14. The van der Waals surface area contributed by atoms with E-state index in [1.165, 1.54) is 31.2 Å². The molecule has 4 rings (SSSR count). The summed E-state index contributed by atoms with van der Waals surface area (Å²) >= 11 is 0. The number of hydrogen-bond donors (Lipinski definition) is 2. The lowest BCUT2D eigenvalue weighted by Gasteiger charge is -2.38. The molecule has 0 unspecified atom stereocenters. The van der Waals surface area contributed by atoms with E-state index in [1.54, 1.807) is 0 Å². The molecule has 7 heteroatoms. The van der Waals surface area contributed by atoms with Gasteiger partial charge in [0.1, 0.15) is 0 Å². The Morgan fingerprint density at radius 1 is 0.710 bits per heavy atom. The van der Waals surface area contributed by atoms with E-state index in [4.69, 9.17) is 19.8 Å². The van der Waals surface area contributed by atoms with Crippen molar-refractivity contribution in [2.24, 2.45) is 0 Å². The quantitative estimate of drug-likeness (QED) is 0.735. The summed E-state index contributed by atoms with van der Waals surface area (Å²) < 4.78 is 0. The first-order chi connectivity index (χ1) is 15.0. The fourth-order valence-corrected chi connectivity index (χ4v) is 4.18. The van der Waals surface area contributed by atoms with E-state index in [2.05, 4.69) is 29.2 Å². The first-order valence-electron chi connectivity index (χ1n) is 10.6. The van der Waals surface area contributed by atoms with Gasteiger partial charge in [0.2, 0.25) is 0 Å². The molecular weight excluding hydrogens is 396 g/mol. The number of carboxylic acids is 2. The van der Waals surface area contributed by atoms with Crippen molar-refractivity contribution in [3.8, 4) is 11.1 Å². The highest BCUT2D eigenvalue weighted by Gasteiger charge is 2.28. The number of benzene rings is 2. The highest BCUT2D eigenvalue weighted by Crippen LogP contribution is 2.25. The summed E-state index contributed by atoms with van der Waals surface area (Å²) in [5.74, 6) is -3.48. The number of rotatable bonds is 3. The lowest BCUT2D eigenvalue weighted by Crippen LogP contribution is -2.51. The van der Waals surface area contributed by atoms with Gasteiger partial charge < -0.3 is 15.1 Å². The highest BCUT2D eigenvalue weighted by atomic mass is 16.4. The zero-order valence-electron chi connectivity index (χ0n) is 17.4. The van der Waals surface area contributed by atoms with E-state index < -0.39 is 11.9 Å². The van der Waals surface area contributed by atoms with Gasteiger partial charge in [-0.1, -0.05) is 55.3 Å². The van der Waals surface area contributed by atoms with Gasteiger partial charge in [-0.3, -0.25) is 9.69 Å². The second-order valence-electron chi connectivity index (χ2n) is 7.82. The van der Waals surface area contributed by atoms with Crippen LogP contribution in [0.25, 0.3) is 11.1 Å². The Bertz CT molecular complexity index is 872. The first-order valence-corrected chi connectivity index (χ1v) is 10.6. The average molecular weight is 424 g/mol. The Morgan fingerprint density at radius 3 is 1.74 bits per heavy atom. The summed E-state index contributed by atoms with van der Waals surface area (Å²) in [6.07, 6.45) is 5.43. The molecule has 0 bridgehead atoms. The van der Waals surface area contributed by atoms with E-state index in [0.29, 0.717) is 0 Å². The Morgan fingerprint density at radius 2 is 1.23 bits per heavy atom. The molecule has 1 saturated carbocycles. The maximum atomic E-state index is 12.8. The number of carboxylic acid groups (broad SMARTS) is 2. The van der Waals surface area contributed by atoms with Crippen molar-refractivity contribution < 1.29 is 24.6 Å². The highest BCUT2D eigenvalue weighted by molar-refractivity contribution is 6.27. The second kappa shape index (κ2) is 10.7. The third-order valence-corrected chi connectivity index (χ3v) is 5.86. The zero-order valence-corrected chi connectivity index (χ0v) is 17.4. The molecule has 164 valence electrons. The molecule has 0 radical (unpaired) electrons. The van der Waals surface area contributed by atoms with E-state index >= 15 is 0 Å². The van der Waals surface area contributed by atoms with Crippen molar-refractivity contribution >= 4 is 17.8 Å². The molecule has 2 fully saturated rings. The summed E-state index contributed by atoms with van der Waals surface area (Å²) in [6, 6.07) is 19.1. The van der Waals surface area contributed by atoms with E-state index in [1.807, 2.05) is 35.2 Å². The predicted octanol–water partition coefficient (Wildman–Crippen LogP) is 3.21. The van der Waals surface area contributed by atoms with Crippen LogP contribution in [0.15, 0.2) is 54.6 Å². The SMILES string of the molecule is O=C(O)C(=O)O.O=C(c1ccc(-c2ccccc2)cc1)N1CCN(C2CCCC2)CC1. The average Bonchev–Trinajstić information content (AvgIpc) is 3.35. The third kappa shape index (κ3) is 6.15. The molecule has 7 nitrogen and oxygen atoms in total. The van der Waals surface area contributed by atoms with Gasteiger partial charge >= 0.3 is 11.9 Å². The van der Waals surface area contributed by atoms with Crippen LogP contribution in [0.3, 0.4) is 0 Å². The summed E-state index contributed by atoms with van der Waals surface area (Å²) in [7, 11) is 0. The molecule has 1 aliphatic carbocycles. The molecule has 1 amide bonds. The smallest absolute Gasteiger partial charge is 0.414 e. The molecule has 1 aliphatic heterocycles. The number of nitrogens with zero attached hydrogens (tertiary/aromatic N) is 2. The Kier molecular flexibility index (Phi) is 7.78. The van der Waals surface area contributed by atoms with E-state index in [0.717, 1.165) is 43.3 Å². The lowest BCUT2D eigenvalue weighted by atomic mass is 10.0. The fourth-order valence-electron chi connectivity index (χ4n) is 4.18. The molecule has 0 spiro atoms. The van der Waals surface area contributed by atoms with Gasteiger partial charge in [-0.25, -0.2) is 9.59 Å². The maximum absolute atomic E-state index is 12.8. The normalized spacial score (nSPS) is 17.0. The summed E-state index contributed by atoms with van der Waals surface area (Å²) in [5, 5.41) is 14.8. The number of amides is 1. The molecule has 0 atom stereocenters. The standard InChI is InChI=1S/C22H26N2O.C2H2O4/c25-22(24-16-14-23(15-17-24)21-8-4-5-9-21)20-12-10-19(11-13-20)18-6-2-1-3-7-18;3-1(4)2(5)6/h1-3,6-7,10-13,21H,4-5,8-9,14-17H2;(H,3,4)(H,5,6). The Labute approximate surface area is 181 Å². The van der Waals surface area contributed by atoms with Gasteiger partial charge in [0.05, 0.1) is 0 Å². The number of piperazine rings is 1. The van der Waals surface area contributed by atoms with Crippen LogP contribution >= 0.6 is 0 Å². The van der Waals surface area contributed by atoms with E-state index in [9.17, 15) is 4.79 Å². The van der Waals surface area contributed by atoms with Crippen LogP contribution in [0.2, 0.25) is 0 Å². The third-order valence-electron chi connectivity index (χ3n) is 5.86. The predicted molar refractivity (Wildman–Crippen MR) is 117 cm³/mol. The topological polar surface area (TPSA) is 98.1 Å². The molecule has 0 aromatic heterocycles. The van der Waals surface area contributed by atoms with Crippen molar-refractivity contribution in [2.75, 3.05) is 26.2 Å². The van der Waals surface area contributed by atoms with Crippen LogP contribution in [0.1, 0.15) is 36.0 Å². The molecule has 1 saturated heterocycles. The minimum Gasteiger partial charge on any atom is -0.473 e. The maximum Gasteiger partial charge on any atom is 0.414 e. The van der Waals surface area contributed by atoms with Crippen LogP contribution in [-0.2, 0) is 9.59 Å². The largest absolute Gasteiger partial charge is 0.473 e. The number of aliphatic carboxylic acids is 2. The number of hydrogen-bond acceptors (Lipinski definition) is 4. The van der Waals surface area contributed by atoms with Gasteiger partial charge in [0.25, 0.3) is 5.91 Å². The molecule has 2 N–H and O–H groups in total. The van der Waals surface area contributed by atoms with Gasteiger partial charge in [-0.2, -0.15) is 0 Å². The molecule has 2 aromatic carbocycles. The number of carbonyl (C=O) groups excluding carboxylic acids is 1. The lowest BCUT2D eigenvalue weighted by molar-refractivity contribution is -0.159. The first kappa shape index (κ1) is 22.5. The molecule has 1 heterocycles. The van der Waals surface area contributed by atoms with Crippen LogP contribution < -0.4 is 0 Å². The van der Waals surface area contributed by atoms with Crippen molar-refractivity contribution in [3.05, 3.63) is 60.2 Å². The van der Waals surface area contributed by atoms with Gasteiger partial charge in [0, 0.05) is 37.8 Å². The fraction of sp³-hybridized carbons (Fsp3) is 0.375. The monoisotopic (exact) mass is 424 g/mol. The Balaban J connectivity index is 0.000000401. The van der Waals surface area contributed by atoms with Crippen LogP contribution in [0.4, 0.5) is 0 Å². The van der Waals surface area contributed by atoms with Crippen molar-refractivity contribution in [1.82, 2.24) is 9.80 Å². The number of carbonyl (C=O) groups is 3.